The highest BCUT2D eigenvalue weighted by Gasteiger charge is 2.60. The van der Waals surface area contributed by atoms with Crippen molar-refractivity contribution in [3.8, 4) is 0 Å². The van der Waals surface area contributed by atoms with Gasteiger partial charge in [0.1, 0.15) is 0 Å². The molecule has 0 heterocycles. The van der Waals surface area contributed by atoms with E-state index in [-0.39, 0.29) is 29.5 Å². The van der Waals surface area contributed by atoms with Crippen LogP contribution in [0.15, 0.2) is 23.3 Å². The largest absolute Gasteiger partial charge is 0.450 e. The molecule has 3 aliphatic rings. The minimum absolute atomic E-state index is 0.0263. The number of carbonyl (C=O) groups is 2. The maximum atomic E-state index is 13.5. The van der Waals surface area contributed by atoms with Gasteiger partial charge in [0.25, 0.3) is 0 Å². The molecule has 0 amide bonds. The Bertz CT molecular complexity index is 718. The van der Waals surface area contributed by atoms with Crippen LogP contribution in [0, 0.1) is 29.1 Å². The fraction of sp³-hybridized carbons (Fsp3) is 0.727. The predicted octanol–water partition coefficient (Wildman–Crippen LogP) is 2.80. The Hall–Kier alpha value is -1.46. The molecule has 0 aromatic heterocycles. The number of esters is 1. The van der Waals surface area contributed by atoms with Crippen LogP contribution in [0.2, 0.25) is 0 Å². The van der Waals surface area contributed by atoms with Crippen LogP contribution in [0.4, 0.5) is 0 Å². The van der Waals surface area contributed by atoms with E-state index in [0.717, 1.165) is 5.57 Å². The standard InChI is InChI=1S/C22H32O5/c1-11-7-17-19(25)13(3)10-22(17,27-14(4)23)20(26)12(2)8-15-16(9-18(11)24)21(15,5)6/h7-8,13,15-19,24-25H,9-10H2,1-6H3/b11-7+,12-8+/t13-,15-,16-,17-,18+,19-,22+/m0/s1. The number of carbonyl (C=O) groups excluding carboxylic acids is 2. The zero-order chi connectivity index (χ0) is 20.3. The zero-order valence-electron chi connectivity index (χ0n) is 17.2. The molecule has 2 fully saturated rings. The third-order valence-corrected chi connectivity index (χ3v) is 7.20. The molecule has 0 aromatic carbocycles. The fourth-order valence-electron chi connectivity index (χ4n) is 5.32. The summed E-state index contributed by atoms with van der Waals surface area (Å²) >= 11 is 0. The summed E-state index contributed by atoms with van der Waals surface area (Å²) in [6.07, 6.45) is 3.20. The first kappa shape index (κ1) is 20.3. The first-order valence-electron chi connectivity index (χ1n) is 9.89. The van der Waals surface area contributed by atoms with Crippen LogP contribution < -0.4 is 0 Å². The van der Waals surface area contributed by atoms with E-state index in [1.807, 2.05) is 19.9 Å². The van der Waals surface area contributed by atoms with Crippen molar-refractivity contribution in [3.63, 3.8) is 0 Å². The number of hydrogen-bond donors (Lipinski definition) is 2. The highest BCUT2D eigenvalue weighted by molar-refractivity contribution is 6.03. The Morgan fingerprint density at radius 2 is 1.81 bits per heavy atom. The van der Waals surface area contributed by atoms with Gasteiger partial charge in [-0.2, -0.15) is 0 Å². The van der Waals surface area contributed by atoms with Crippen molar-refractivity contribution in [2.24, 2.45) is 29.1 Å². The lowest BCUT2D eigenvalue weighted by molar-refractivity contribution is -0.168. The highest BCUT2D eigenvalue weighted by atomic mass is 16.6. The summed E-state index contributed by atoms with van der Waals surface area (Å²) in [6, 6.07) is 0. The number of hydrogen-bond acceptors (Lipinski definition) is 5. The fourth-order valence-corrected chi connectivity index (χ4v) is 5.32. The number of allylic oxidation sites excluding steroid dienone is 1. The van der Waals surface area contributed by atoms with Crippen molar-refractivity contribution in [3.05, 3.63) is 23.3 Å². The Kier molecular flexibility index (Phi) is 4.92. The molecule has 0 spiro atoms. The van der Waals surface area contributed by atoms with Crippen molar-refractivity contribution < 1.29 is 24.5 Å². The van der Waals surface area contributed by atoms with Crippen LogP contribution in [0.25, 0.3) is 0 Å². The molecule has 0 unspecified atom stereocenters. The van der Waals surface area contributed by atoms with E-state index in [9.17, 15) is 19.8 Å². The van der Waals surface area contributed by atoms with E-state index in [2.05, 4.69) is 13.8 Å². The van der Waals surface area contributed by atoms with Gasteiger partial charge in [-0.25, -0.2) is 0 Å². The summed E-state index contributed by atoms with van der Waals surface area (Å²) in [7, 11) is 0. The highest BCUT2D eigenvalue weighted by Crippen LogP contribution is 2.62. The van der Waals surface area contributed by atoms with E-state index in [1.54, 1.807) is 13.0 Å². The third-order valence-electron chi connectivity index (χ3n) is 7.20. The van der Waals surface area contributed by atoms with Gasteiger partial charge in [-0.05, 0) is 54.6 Å². The molecule has 5 heteroatoms. The van der Waals surface area contributed by atoms with Crippen LogP contribution in [0.3, 0.4) is 0 Å². The van der Waals surface area contributed by atoms with Gasteiger partial charge >= 0.3 is 5.97 Å². The summed E-state index contributed by atoms with van der Waals surface area (Å²) in [5, 5.41) is 21.5. The van der Waals surface area contributed by atoms with Crippen molar-refractivity contribution >= 4 is 11.8 Å². The first-order chi connectivity index (χ1) is 12.4. The molecule has 2 N–H and O–H groups in total. The smallest absolute Gasteiger partial charge is 0.303 e. The van der Waals surface area contributed by atoms with E-state index in [1.165, 1.54) is 6.92 Å². The van der Waals surface area contributed by atoms with E-state index in [4.69, 9.17) is 4.74 Å². The number of aliphatic hydroxyl groups is 2. The van der Waals surface area contributed by atoms with Gasteiger partial charge < -0.3 is 14.9 Å². The minimum Gasteiger partial charge on any atom is -0.450 e. The maximum absolute atomic E-state index is 13.5. The summed E-state index contributed by atoms with van der Waals surface area (Å²) in [5.74, 6) is -1.12. The van der Waals surface area contributed by atoms with Crippen LogP contribution in [-0.4, -0.2) is 39.8 Å². The average molecular weight is 376 g/mol. The van der Waals surface area contributed by atoms with Gasteiger partial charge in [0.2, 0.25) is 5.78 Å². The summed E-state index contributed by atoms with van der Waals surface area (Å²) < 4.78 is 5.67. The van der Waals surface area contributed by atoms with E-state index >= 15 is 0 Å². The lowest BCUT2D eigenvalue weighted by Gasteiger charge is -2.33. The molecule has 7 atom stereocenters. The predicted molar refractivity (Wildman–Crippen MR) is 102 cm³/mol. The van der Waals surface area contributed by atoms with Gasteiger partial charge in [-0.3, -0.25) is 9.59 Å². The second-order valence-electron chi connectivity index (χ2n) is 9.48. The van der Waals surface area contributed by atoms with Crippen molar-refractivity contribution in [1.82, 2.24) is 0 Å². The lowest BCUT2D eigenvalue weighted by Crippen LogP contribution is -2.48. The van der Waals surface area contributed by atoms with Crippen molar-refractivity contribution in [2.75, 3.05) is 0 Å². The Labute approximate surface area is 161 Å². The minimum atomic E-state index is -1.41. The van der Waals surface area contributed by atoms with E-state index in [0.29, 0.717) is 17.9 Å². The Balaban J connectivity index is 2.15. The quantitative estimate of drug-likeness (QED) is 0.543. The molecular formula is C22H32O5. The third kappa shape index (κ3) is 3.19. The molecule has 0 bridgehead atoms. The van der Waals surface area contributed by atoms with Gasteiger partial charge in [0, 0.05) is 13.3 Å². The number of Topliss-reactive ketones (excluding diaryl/α,β-unsaturated/α-hetero) is 1. The van der Waals surface area contributed by atoms with Gasteiger partial charge in [0.05, 0.1) is 18.1 Å². The molecule has 27 heavy (non-hydrogen) atoms. The molecule has 5 nitrogen and oxygen atoms in total. The van der Waals surface area contributed by atoms with Crippen LogP contribution >= 0.6 is 0 Å². The maximum Gasteiger partial charge on any atom is 0.303 e. The Morgan fingerprint density at radius 3 is 2.41 bits per heavy atom. The second-order valence-corrected chi connectivity index (χ2v) is 9.48. The molecule has 3 aliphatic carbocycles. The number of aliphatic hydroxyl groups excluding tert-OH is 2. The topological polar surface area (TPSA) is 83.8 Å². The van der Waals surface area contributed by atoms with Crippen LogP contribution in [-0.2, 0) is 14.3 Å². The molecule has 0 aliphatic heterocycles. The normalized spacial score (nSPS) is 47.5. The number of fused-ring (bicyclic) bond motifs is 2. The monoisotopic (exact) mass is 376 g/mol. The van der Waals surface area contributed by atoms with Gasteiger partial charge in [-0.1, -0.05) is 32.9 Å². The van der Waals surface area contributed by atoms with Crippen LogP contribution in [0.5, 0.6) is 0 Å². The molecule has 0 aromatic rings. The van der Waals surface area contributed by atoms with Crippen molar-refractivity contribution in [1.29, 1.82) is 0 Å². The average Bonchev–Trinajstić information content (AvgIpc) is 2.97. The molecule has 3 rings (SSSR count). The molecule has 2 saturated carbocycles. The van der Waals surface area contributed by atoms with Gasteiger partial charge in [-0.15, -0.1) is 0 Å². The molecular weight excluding hydrogens is 344 g/mol. The number of rotatable bonds is 1. The first-order valence-corrected chi connectivity index (χ1v) is 9.89. The van der Waals surface area contributed by atoms with Gasteiger partial charge in [0.15, 0.2) is 5.60 Å². The SMILES string of the molecule is CC(=O)O[C@]12C[C@H](C)[C@H](O)[C@@H]1/C=C(\C)[C@H](O)C[C@H]1[C@H](/C=C(\C)C2=O)C1(C)C. The summed E-state index contributed by atoms with van der Waals surface area (Å²) in [6.45, 7) is 11.1. The molecule has 0 saturated heterocycles. The van der Waals surface area contributed by atoms with E-state index < -0.39 is 29.7 Å². The van der Waals surface area contributed by atoms with Crippen molar-refractivity contribution in [2.45, 2.75) is 72.2 Å². The number of ether oxygens (including phenoxy) is 1. The second kappa shape index (κ2) is 6.56. The van der Waals surface area contributed by atoms with Crippen LogP contribution in [0.1, 0.15) is 54.4 Å². The number of ketones is 1. The molecule has 150 valence electrons. The Morgan fingerprint density at radius 1 is 1.19 bits per heavy atom. The summed E-state index contributed by atoms with van der Waals surface area (Å²) in [4.78, 5) is 25.4. The molecule has 0 radical (unpaired) electrons. The lowest BCUT2D eigenvalue weighted by atomic mass is 9.81. The summed E-state index contributed by atoms with van der Waals surface area (Å²) in [5.41, 5.74) is -0.0899. The zero-order valence-corrected chi connectivity index (χ0v) is 17.2.